The molecule has 0 spiro atoms. The van der Waals surface area contributed by atoms with Gasteiger partial charge in [-0.2, -0.15) is 15.0 Å². The molecular formula is C22H26ClF2N5O3. The van der Waals surface area contributed by atoms with Gasteiger partial charge >= 0.3 is 6.01 Å². The summed E-state index contributed by atoms with van der Waals surface area (Å²) in [5.74, 6) is -0.0263. The van der Waals surface area contributed by atoms with Gasteiger partial charge < -0.3 is 19.1 Å². The van der Waals surface area contributed by atoms with Crippen molar-refractivity contribution in [2.24, 2.45) is 0 Å². The summed E-state index contributed by atoms with van der Waals surface area (Å²) in [5, 5.41) is 0.0637. The lowest BCUT2D eigenvalue weighted by Gasteiger charge is -2.37. The third kappa shape index (κ3) is 3.40. The van der Waals surface area contributed by atoms with Crippen molar-refractivity contribution >= 4 is 28.3 Å². The molecule has 4 aliphatic heterocycles. The van der Waals surface area contributed by atoms with Crippen LogP contribution < -0.4 is 14.4 Å². The molecule has 0 bridgehead atoms. The van der Waals surface area contributed by atoms with Crippen LogP contribution in [0.4, 0.5) is 14.6 Å². The van der Waals surface area contributed by atoms with Crippen LogP contribution in [0.5, 0.6) is 11.9 Å². The first-order chi connectivity index (χ1) is 16.0. The molecule has 3 saturated heterocycles. The summed E-state index contributed by atoms with van der Waals surface area (Å²) in [4.78, 5) is 17.5. The molecule has 0 N–H and O–H groups in total. The molecule has 11 heteroatoms. The lowest BCUT2D eigenvalue weighted by Crippen LogP contribution is -2.51. The van der Waals surface area contributed by atoms with Crippen molar-refractivity contribution in [2.45, 2.75) is 56.5 Å². The maximum absolute atomic E-state index is 15.1. The van der Waals surface area contributed by atoms with Crippen LogP contribution in [0.15, 0.2) is 0 Å². The molecule has 4 aliphatic rings. The quantitative estimate of drug-likeness (QED) is 0.617. The Balaban J connectivity index is 1.43. The van der Waals surface area contributed by atoms with Gasteiger partial charge in [-0.05, 0) is 32.7 Å². The number of pyridine rings is 1. The summed E-state index contributed by atoms with van der Waals surface area (Å²) in [6.45, 7) is 5.18. The third-order valence-electron chi connectivity index (χ3n) is 7.45. The number of ether oxygens (including phenoxy) is 3. The molecule has 2 aromatic heterocycles. The van der Waals surface area contributed by atoms with E-state index >= 15 is 4.39 Å². The van der Waals surface area contributed by atoms with Crippen LogP contribution in [0.25, 0.3) is 10.9 Å². The van der Waals surface area contributed by atoms with Gasteiger partial charge in [-0.3, -0.25) is 4.90 Å². The first-order valence-electron chi connectivity index (χ1n) is 11.6. The second-order valence-electron chi connectivity index (χ2n) is 9.31. The first-order valence-corrected chi connectivity index (χ1v) is 12.0. The second-order valence-corrected chi connectivity index (χ2v) is 9.67. The number of likely N-dealkylation sites (N-methyl/N-ethyl adjacent to an activating group) is 1. The SMILES string of the molecule is CCN1c2nc(OC[C@@]34CCCN3C[C@H](F)C4)nc3c(F)c(Cl)nc(c23)O[C@H]2COCC[C@@H]21. The fourth-order valence-electron chi connectivity index (χ4n) is 5.94. The summed E-state index contributed by atoms with van der Waals surface area (Å²) in [7, 11) is 0. The molecule has 33 heavy (non-hydrogen) atoms. The van der Waals surface area contributed by atoms with E-state index in [4.69, 9.17) is 30.8 Å². The molecular weight excluding hydrogens is 456 g/mol. The van der Waals surface area contributed by atoms with E-state index in [0.717, 1.165) is 25.8 Å². The maximum Gasteiger partial charge on any atom is 0.319 e. The average molecular weight is 482 g/mol. The highest BCUT2D eigenvalue weighted by Gasteiger charge is 2.49. The summed E-state index contributed by atoms with van der Waals surface area (Å²) < 4.78 is 47.1. The Hall–Kier alpha value is -2.04. The molecule has 0 aliphatic carbocycles. The second kappa shape index (κ2) is 8.02. The van der Waals surface area contributed by atoms with Crippen molar-refractivity contribution in [2.75, 3.05) is 44.4 Å². The van der Waals surface area contributed by atoms with Gasteiger partial charge in [-0.1, -0.05) is 11.6 Å². The van der Waals surface area contributed by atoms with Gasteiger partial charge in [0.05, 0.1) is 18.2 Å². The molecule has 6 heterocycles. The molecule has 4 atom stereocenters. The van der Waals surface area contributed by atoms with E-state index in [9.17, 15) is 4.39 Å². The van der Waals surface area contributed by atoms with Crippen LogP contribution in [0, 0.1) is 5.82 Å². The van der Waals surface area contributed by atoms with E-state index in [1.54, 1.807) is 0 Å². The summed E-state index contributed by atoms with van der Waals surface area (Å²) >= 11 is 6.11. The number of fused-ring (bicyclic) bond motifs is 2. The van der Waals surface area contributed by atoms with E-state index < -0.39 is 12.0 Å². The zero-order valence-electron chi connectivity index (χ0n) is 18.4. The lowest BCUT2D eigenvalue weighted by molar-refractivity contribution is -0.00715. The van der Waals surface area contributed by atoms with Crippen molar-refractivity contribution in [3.8, 4) is 11.9 Å². The van der Waals surface area contributed by atoms with E-state index in [1.165, 1.54) is 0 Å². The Labute approximate surface area is 195 Å². The molecule has 0 saturated carbocycles. The molecule has 0 amide bonds. The van der Waals surface area contributed by atoms with Crippen LogP contribution in [-0.4, -0.2) is 83.2 Å². The van der Waals surface area contributed by atoms with Crippen molar-refractivity contribution < 1.29 is 23.0 Å². The first kappa shape index (κ1) is 21.5. The van der Waals surface area contributed by atoms with E-state index in [-0.39, 0.29) is 46.9 Å². The average Bonchev–Trinajstić information content (AvgIpc) is 3.28. The number of hydrogen-bond acceptors (Lipinski definition) is 8. The minimum absolute atomic E-state index is 0.0126. The van der Waals surface area contributed by atoms with Crippen LogP contribution in [0.3, 0.4) is 0 Å². The number of alkyl halides is 1. The summed E-state index contributed by atoms with van der Waals surface area (Å²) in [6, 6.07) is 0.0360. The van der Waals surface area contributed by atoms with Gasteiger partial charge in [-0.25, -0.2) is 8.78 Å². The highest BCUT2D eigenvalue weighted by atomic mass is 35.5. The maximum atomic E-state index is 15.1. The monoisotopic (exact) mass is 481 g/mol. The van der Waals surface area contributed by atoms with E-state index in [1.807, 2.05) is 6.92 Å². The molecule has 8 nitrogen and oxygen atoms in total. The van der Waals surface area contributed by atoms with Gasteiger partial charge in [0.1, 0.15) is 35.6 Å². The Morgan fingerprint density at radius 2 is 2.18 bits per heavy atom. The van der Waals surface area contributed by atoms with Gasteiger partial charge in [0, 0.05) is 26.1 Å². The molecule has 0 unspecified atom stereocenters. The van der Waals surface area contributed by atoms with Gasteiger partial charge in [0.2, 0.25) is 5.88 Å². The summed E-state index contributed by atoms with van der Waals surface area (Å²) in [6.07, 6.45) is 1.88. The van der Waals surface area contributed by atoms with Crippen LogP contribution >= 0.6 is 11.6 Å². The third-order valence-corrected chi connectivity index (χ3v) is 7.70. The van der Waals surface area contributed by atoms with Crippen molar-refractivity contribution in [3.63, 3.8) is 0 Å². The van der Waals surface area contributed by atoms with Crippen LogP contribution in [-0.2, 0) is 4.74 Å². The van der Waals surface area contributed by atoms with Crippen LogP contribution in [0.1, 0.15) is 32.6 Å². The molecule has 6 rings (SSSR count). The number of nitrogens with zero attached hydrogens (tertiary/aromatic N) is 5. The van der Waals surface area contributed by atoms with Gasteiger partial charge in [0.15, 0.2) is 11.0 Å². The summed E-state index contributed by atoms with van der Waals surface area (Å²) in [5.41, 5.74) is -0.344. The molecule has 0 aromatic carbocycles. The van der Waals surface area contributed by atoms with Gasteiger partial charge in [-0.15, -0.1) is 0 Å². The standard InChI is InChI=1S/C22H26ClF2N5O3/c1-2-30-13-4-7-31-10-14(13)33-20-15-17(16(25)18(23)27-20)26-21(28-19(15)30)32-11-22-5-3-6-29(22)9-12(24)8-22/h12-14H,2-11H2,1H3/t12-,13+,14+,22+/m1/s1. The molecule has 0 radical (unpaired) electrons. The minimum atomic E-state index is -0.862. The van der Waals surface area contributed by atoms with Crippen molar-refractivity contribution in [1.29, 1.82) is 0 Å². The van der Waals surface area contributed by atoms with Crippen molar-refractivity contribution in [3.05, 3.63) is 11.0 Å². The normalized spacial score (nSPS) is 31.3. The predicted octanol–water partition coefficient (Wildman–Crippen LogP) is 3.15. The van der Waals surface area contributed by atoms with Crippen molar-refractivity contribution in [1.82, 2.24) is 19.9 Å². The smallest absolute Gasteiger partial charge is 0.319 e. The highest BCUT2D eigenvalue weighted by Crippen LogP contribution is 2.43. The number of rotatable bonds is 4. The molecule has 2 aromatic rings. The number of halogens is 3. The number of anilines is 1. The Morgan fingerprint density at radius 3 is 3.03 bits per heavy atom. The predicted molar refractivity (Wildman–Crippen MR) is 118 cm³/mol. The van der Waals surface area contributed by atoms with E-state index in [0.29, 0.717) is 43.9 Å². The minimum Gasteiger partial charge on any atom is -0.469 e. The Bertz CT molecular complexity index is 1090. The topological polar surface area (TPSA) is 72.8 Å². The fraction of sp³-hybridized carbons (Fsp3) is 0.682. The van der Waals surface area contributed by atoms with Gasteiger partial charge in [0.25, 0.3) is 0 Å². The largest absolute Gasteiger partial charge is 0.469 e. The molecule has 3 fully saturated rings. The van der Waals surface area contributed by atoms with E-state index in [2.05, 4.69) is 19.8 Å². The fourth-order valence-corrected chi connectivity index (χ4v) is 6.10. The zero-order valence-corrected chi connectivity index (χ0v) is 19.2. The number of hydrogen-bond donors (Lipinski definition) is 0. The highest BCUT2D eigenvalue weighted by molar-refractivity contribution is 6.30. The Kier molecular flexibility index (Phi) is 5.23. The number of aromatic nitrogens is 3. The zero-order chi connectivity index (χ0) is 22.7. The molecule has 178 valence electrons. The lowest BCUT2D eigenvalue weighted by atomic mass is 9.95. The van der Waals surface area contributed by atoms with Crippen LogP contribution in [0.2, 0.25) is 5.15 Å². The Morgan fingerprint density at radius 1 is 1.30 bits per heavy atom.